The maximum absolute atomic E-state index is 13.2. The van der Waals surface area contributed by atoms with E-state index in [0.717, 1.165) is 18.2 Å². The summed E-state index contributed by atoms with van der Waals surface area (Å²) in [6.45, 7) is -0.00570. The zero-order chi connectivity index (χ0) is 16.3. The molecule has 0 radical (unpaired) electrons. The molecule has 1 N–H and O–H groups in total. The second-order valence-corrected chi connectivity index (χ2v) is 4.62. The Morgan fingerprint density at radius 2 is 1.86 bits per heavy atom. The Kier molecular flexibility index (Phi) is 4.45. The van der Waals surface area contributed by atoms with Crippen molar-refractivity contribution in [1.29, 1.82) is 0 Å². The third kappa shape index (κ3) is 3.25. The molecular weight excluding hydrogens is 296 g/mol. The van der Waals surface area contributed by atoms with Crippen LogP contribution in [0.5, 0.6) is 0 Å². The third-order valence-corrected chi connectivity index (χ3v) is 3.09. The molecule has 0 saturated carbocycles. The van der Waals surface area contributed by atoms with Gasteiger partial charge in [0.25, 0.3) is 5.78 Å². The lowest BCUT2D eigenvalue weighted by Crippen LogP contribution is -2.25. The molecule has 1 aromatic heterocycles. The van der Waals surface area contributed by atoms with Crippen LogP contribution < -0.4 is 0 Å². The molecule has 7 heteroatoms. The third-order valence-electron chi connectivity index (χ3n) is 3.09. The van der Waals surface area contributed by atoms with Crippen molar-refractivity contribution in [3.05, 3.63) is 59.4 Å². The molecule has 0 saturated heterocycles. The molecule has 0 amide bonds. The summed E-state index contributed by atoms with van der Waals surface area (Å²) in [6, 6.07) is 5.87. The smallest absolute Gasteiger partial charge is 0.373 e. The van der Waals surface area contributed by atoms with Gasteiger partial charge >= 0.3 is 5.97 Å². The number of carboxylic acids is 1. The Labute approximate surface area is 123 Å². The monoisotopic (exact) mass is 307 g/mol. The molecule has 2 rings (SSSR count). The number of Topliss-reactive ketones (excluding diaryl/α,β-unsaturated/α-hetero) is 1. The summed E-state index contributed by atoms with van der Waals surface area (Å²) < 4.78 is 27.8. The SMILES string of the molecule is O=CC(C(=O)C(=O)O)c1cccn1Cc1cc(F)cc(F)c1. The predicted molar refractivity (Wildman–Crippen MR) is 71.3 cm³/mol. The maximum atomic E-state index is 13.2. The van der Waals surface area contributed by atoms with Gasteiger partial charge in [-0.3, -0.25) is 4.79 Å². The zero-order valence-electron chi connectivity index (χ0n) is 11.2. The quantitative estimate of drug-likeness (QED) is 0.501. The topological polar surface area (TPSA) is 76.4 Å². The number of nitrogens with zero attached hydrogens (tertiary/aromatic N) is 1. The second kappa shape index (κ2) is 6.30. The van der Waals surface area contributed by atoms with Crippen molar-refractivity contribution in [2.45, 2.75) is 12.5 Å². The zero-order valence-corrected chi connectivity index (χ0v) is 11.2. The Hall–Kier alpha value is -2.83. The molecule has 0 fully saturated rings. The highest BCUT2D eigenvalue weighted by atomic mass is 19.1. The fraction of sp³-hybridized carbons (Fsp3) is 0.133. The van der Waals surface area contributed by atoms with E-state index in [9.17, 15) is 23.2 Å². The minimum atomic E-state index is -1.72. The van der Waals surface area contributed by atoms with Gasteiger partial charge in [-0.15, -0.1) is 0 Å². The van der Waals surface area contributed by atoms with Gasteiger partial charge < -0.3 is 14.5 Å². The van der Waals surface area contributed by atoms with Gasteiger partial charge in [-0.2, -0.15) is 0 Å². The predicted octanol–water partition coefficient (Wildman–Crippen LogP) is 1.75. The molecule has 0 aliphatic carbocycles. The number of carbonyl (C=O) groups excluding carboxylic acids is 2. The summed E-state index contributed by atoms with van der Waals surface area (Å²) in [5.74, 6) is -5.96. The van der Waals surface area contributed by atoms with E-state index >= 15 is 0 Å². The normalized spacial score (nSPS) is 11.9. The van der Waals surface area contributed by atoms with E-state index in [0.29, 0.717) is 0 Å². The van der Waals surface area contributed by atoms with Crippen molar-refractivity contribution in [3.63, 3.8) is 0 Å². The highest BCUT2D eigenvalue weighted by molar-refractivity contribution is 6.38. The lowest BCUT2D eigenvalue weighted by molar-refractivity contribution is -0.150. The fourth-order valence-electron chi connectivity index (χ4n) is 2.15. The van der Waals surface area contributed by atoms with Crippen molar-refractivity contribution >= 4 is 18.0 Å². The molecule has 2 aromatic rings. The number of benzene rings is 1. The van der Waals surface area contributed by atoms with Gasteiger partial charge in [0.1, 0.15) is 23.8 Å². The average Bonchev–Trinajstić information content (AvgIpc) is 2.86. The van der Waals surface area contributed by atoms with E-state index in [1.165, 1.54) is 22.9 Å². The number of aliphatic carboxylic acids is 1. The molecule has 1 aromatic carbocycles. The van der Waals surface area contributed by atoms with Crippen molar-refractivity contribution < 1.29 is 28.3 Å². The lowest BCUT2D eigenvalue weighted by atomic mass is 10.0. The van der Waals surface area contributed by atoms with Crippen molar-refractivity contribution in [3.8, 4) is 0 Å². The van der Waals surface area contributed by atoms with Gasteiger partial charge in [0, 0.05) is 24.5 Å². The molecule has 0 aliphatic rings. The lowest BCUT2D eigenvalue weighted by Gasteiger charge is -2.12. The second-order valence-electron chi connectivity index (χ2n) is 4.62. The highest BCUT2D eigenvalue weighted by Crippen LogP contribution is 2.18. The van der Waals surface area contributed by atoms with E-state index in [4.69, 9.17) is 5.11 Å². The van der Waals surface area contributed by atoms with Crippen molar-refractivity contribution in [1.82, 2.24) is 4.57 Å². The summed E-state index contributed by atoms with van der Waals surface area (Å²) in [5, 5.41) is 8.72. The molecule has 0 spiro atoms. The van der Waals surface area contributed by atoms with Crippen LogP contribution >= 0.6 is 0 Å². The number of hydrogen-bond acceptors (Lipinski definition) is 3. The number of carbonyl (C=O) groups is 3. The Morgan fingerprint density at radius 3 is 2.41 bits per heavy atom. The summed E-state index contributed by atoms with van der Waals surface area (Å²) in [4.78, 5) is 33.3. The van der Waals surface area contributed by atoms with Gasteiger partial charge in [0.15, 0.2) is 0 Å². The molecule has 0 aliphatic heterocycles. The Bertz CT molecular complexity index is 719. The van der Waals surface area contributed by atoms with Crippen LogP contribution in [0.3, 0.4) is 0 Å². The molecular formula is C15H11F2NO4. The largest absolute Gasteiger partial charge is 0.475 e. The first-order valence-corrected chi connectivity index (χ1v) is 6.25. The summed E-state index contributed by atoms with van der Waals surface area (Å²) in [6.07, 6.45) is 1.72. The first kappa shape index (κ1) is 15.6. The summed E-state index contributed by atoms with van der Waals surface area (Å²) in [7, 11) is 0. The van der Waals surface area contributed by atoms with E-state index in [-0.39, 0.29) is 24.1 Å². The number of rotatable bonds is 6. The van der Waals surface area contributed by atoms with Gasteiger partial charge in [-0.25, -0.2) is 13.6 Å². The van der Waals surface area contributed by atoms with Gasteiger partial charge in [0.2, 0.25) is 0 Å². The number of halogens is 2. The number of aromatic nitrogens is 1. The van der Waals surface area contributed by atoms with Crippen LogP contribution in [0.4, 0.5) is 8.78 Å². The van der Waals surface area contributed by atoms with Crippen LogP contribution in [0, 0.1) is 11.6 Å². The summed E-state index contributed by atoms with van der Waals surface area (Å²) >= 11 is 0. The summed E-state index contributed by atoms with van der Waals surface area (Å²) in [5.41, 5.74) is 0.425. The average molecular weight is 307 g/mol. The van der Waals surface area contributed by atoms with E-state index < -0.39 is 29.3 Å². The molecule has 1 heterocycles. The van der Waals surface area contributed by atoms with Crippen molar-refractivity contribution in [2.24, 2.45) is 0 Å². The minimum absolute atomic E-state index is 0.00570. The number of aldehydes is 1. The Morgan fingerprint density at radius 1 is 1.23 bits per heavy atom. The number of ketones is 1. The van der Waals surface area contributed by atoms with Gasteiger partial charge in [-0.05, 0) is 29.8 Å². The molecule has 5 nitrogen and oxygen atoms in total. The van der Waals surface area contributed by atoms with Crippen LogP contribution in [0.15, 0.2) is 36.5 Å². The van der Waals surface area contributed by atoms with Crippen LogP contribution in [0.1, 0.15) is 17.2 Å². The molecule has 22 heavy (non-hydrogen) atoms. The van der Waals surface area contributed by atoms with Crippen LogP contribution in [0.2, 0.25) is 0 Å². The van der Waals surface area contributed by atoms with Crippen molar-refractivity contribution in [2.75, 3.05) is 0 Å². The van der Waals surface area contributed by atoms with E-state index in [2.05, 4.69) is 0 Å². The molecule has 1 unspecified atom stereocenters. The first-order valence-electron chi connectivity index (χ1n) is 6.25. The van der Waals surface area contributed by atoms with Gasteiger partial charge in [0.05, 0.1) is 0 Å². The minimum Gasteiger partial charge on any atom is -0.475 e. The molecule has 1 atom stereocenters. The fourth-order valence-corrected chi connectivity index (χ4v) is 2.15. The molecule has 114 valence electrons. The maximum Gasteiger partial charge on any atom is 0.373 e. The number of hydrogen-bond donors (Lipinski definition) is 1. The van der Waals surface area contributed by atoms with E-state index in [1.54, 1.807) is 0 Å². The van der Waals surface area contributed by atoms with Crippen LogP contribution in [-0.2, 0) is 20.9 Å². The van der Waals surface area contributed by atoms with Crippen LogP contribution in [0.25, 0.3) is 0 Å². The first-order chi connectivity index (χ1) is 10.4. The highest BCUT2D eigenvalue weighted by Gasteiger charge is 2.28. The Balaban J connectivity index is 2.34. The van der Waals surface area contributed by atoms with E-state index in [1.807, 2.05) is 0 Å². The van der Waals surface area contributed by atoms with Gasteiger partial charge in [-0.1, -0.05) is 0 Å². The van der Waals surface area contributed by atoms with Crippen LogP contribution in [-0.4, -0.2) is 27.7 Å². The number of carboxylic acid groups (broad SMARTS) is 1. The standard InChI is InChI=1S/C15H11F2NO4/c16-10-4-9(5-11(17)6-10)7-18-3-1-2-13(18)12(8-19)14(20)15(21)22/h1-6,8,12H,7H2,(H,21,22). The molecule has 0 bridgehead atoms.